The maximum atomic E-state index is 11.9. The number of hydrogen-bond donors (Lipinski definition) is 2. The minimum absolute atomic E-state index is 0.109. The molecule has 33 heavy (non-hydrogen) atoms. The standard InChI is InChI=1S/C25H32N4O4/c1-32-22-12-8-10-20(16-22)18-26-28-24(30)14-6-4-3-5-7-15-25(31)29-27-19-21-11-9-13-23(17-21)33-2/h8-13,16-19H,3-7,14-15H2,1-2H3,(H,28,30)(H,29,31)/b26-18-,27-19-. The molecule has 0 atom stereocenters. The SMILES string of the molecule is COc1cccc(/C=N\NC(=O)CCCCCCCC(=O)N/N=C\c2cccc(OC)c2)c1. The van der Waals surface area contributed by atoms with Gasteiger partial charge in [0.25, 0.3) is 0 Å². The molecule has 0 aliphatic carbocycles. The lowest BCUT2D eigenvalue weighted by molar-refractivity contribution is -0.121. The summed E-state index contributed by atoms with van der Waals surface area (Å²) in [4.78, 5) is 23.7. The Kier molecular flexibility index (Phi) is 11.8. The molecule has 2 rings (SSSR count). The Morgan fingerprint density at radius 3 is 1.58 bits per heavy atom. The highest BCUT2D eigenvalue weighted by Gasteiger charge is 2.02. The summed E-state index contributed by atoms with van der Waals surface area (Å²) in [5.74, 6) is 1.26. The van der Waals surface area contributed by atoms with Crippen molar-refractivity contribution < 1.29 is 19.1 Å². The van der Waals surface area contributed by atoms with Gasteiger partial charge in [0.2, 0.25) is 11.8 Å². The predicted octanol–water partition coefficient (Wildman–Crippen LogP) is 4.03. The normalized spacial score (nSPS) is 11.0. The highest BCUT2D eigenvalue weighted by atomic mass is 16.5. The Morgan fingerprint density at radius 1 is 0.727 bits per heavy atom. The van der Waals surface area contributed by atoms with Crippen LogP contribution in [0.4, 0.5) is 0 Å². The van der Waals surface area contributed by atoms with E-state index in [1.165, 1.54) is 0 Å². The summed E-state index contributed by atoms with van der Waals surface area (Å²) in [6.07, 6.45) is 8.45. The summed E-state index contributed by atoms with van der Waals surface area (Å²) in [7, 11) is 3.21. The number of rotatable bonds is 14. The summed E-state index contributed by atoms with van der Waals surface area (Å²) < 4.78 is 10.3. The molecular formula is C25H32N4O4. The Balaban J connectivity index is 1.49. The molecule has 0 heterocycles. The van der Waals surface area contributed by atoms with Crippen molar-refractivity contribution in [2.24, 2.45) is 10.2 Å². The zero-order valence-corrected chi connectivity index (χ0v) is 19.3. The number of carbonyl (C=O) groups is 2. The molecule has 2 N–H and O–H groups in total. The van der Waals surface area contributed by atoms with E-state index in [1.54, 1.807) is 26.6 Å². The average Bonchev–Trinajstić information content (AvgIpc) is 2.83. The molecule has 2 amide bonds. The number of nitrogens with zero attached hydrogens (tertiary/aromatic N) is 2. The second-order valence-corrected chi connectivity index (χ2v) is 7.41. The van der Waals surface area contributed by atoms with Crippen molar-refractivity contribution in [3.63, 3.8) is 0 Å². The number of unbranched alkanes of at least 4 members (excludes halogenated alkanes) is 4. The largest absolute Gasteiger partial charge is 0.497 e. The minimum atomic E-state index is -0.109. The van der Waals surface area contributed by atoms with Gasteiger partial charge in [0.1, 0.15) is 11.5 Å². The van der Waals surface area contributed by atoms with Crippen molar-refractivity contribution in [2.45, 2.75) is 44.9 Å². The molecule has 0 bridgehead atoms. The smallest absolute Gasteiger partial charge is 0.240 e. The van der Waals surface area contributed by atoms with E-state index in [2.05, 4.69) is 21.1 Å². The van der Waals surface area contributed by atoms with E-state index in [1.807, 2.05) is 48.5 Å². The molecular weight excluding hydrogens is 420 g/mol. The van der Waals surface area contributed by atoms with Crippen LogP contribution in [0.25, 0.3) is 0 Å². The number of carbonyl (C=O) groups excluding carboxylic acids is 2. The van der Waals surface area contributed by atoms with E-state index in [9.17, 15) is 9.59 Å². The van der Waals surface area contributed by atoms with Gasteiger partial charge in [0.15, 0.2) is 0 Å². The van der Waals surface area contributed by atoms with Crippen LogP contribution in [0.2, 0.25) is 0 Å². The van der Waals surface area contributed by atoms with E-state index < -0.39 is 0 Å². The number of ether oxygens (including phenoxy) is 2. The first kappa shape index (κ1) is 25.6. The first-order valence-corrected chi connectivity index (χ1v) is 11.0. The first-order valence-electron chi connectivity index (χ1n) is 11.0. The number of methoxy groups -OCH3 is 2. The average molecular weight is 453 g/mol. The van der Waals surface area contributed by atoms with Crippen molar-refractivity contribution in [3.05, 3.63) is 59.7 Å². The summed E-state index contributed by atoms with van der Waals surface area (Å²) in [5.41, 5.74) is 6.78. The van der Waals surface area contributed by atoms with Gasteiger partial charge in [-0.15, -0.1) is 0 Å². The zero-order chi connectivity index (χ0) is 23.7. The quantitative estimate of drug-likeness (QED) is 0.257. The van der Waals surface area contributed by atoms with Gasteiger partial charge in [0.05, 0.1) is 26.6 Å². The minimum Gasteiger partial charge on any atom is -0.497 e. The molecule has 2 aromatic rings. The molecule has 8 nitrogen and oxygen atoms in total. The first-order chi connectivity index (χ1) is 16.1. The van der Waals surface area contributed by atoms with Crippen LogP contribution in [0.1, 0.15) is 56.1 Å². The molecule has 0 saturated heterocycles. The number of amides is 2. The van der Waals surface area contributed by atoms with Crippen LogP contribution in [0.5, 0.6) is 11.5 Å². The van der Waals surface area contributed by atoms with Crippen LogP contribution >= 0.6 is 0 Å². The van der Waals surface area contributed by atoms with E-state index >= 15 is 0 Å². The highest BCUT2D eigenvalue weighted by Crippen LogP contribution is 2.12. The van der Waals surface area contributed by atoms with Crippen molar-refractivity contribution in [2.75, 3.05) is 14.2 Å². The van der Waals surface area contributed by atoms with E-state index in [0.29, 0.717) is 12.8 Å². The van der Waals surface area contributed by atoms with Gasteiger partial charge in [-0.2, -0.15) is 10.2 Å². The number of hydrazone groups is 2. The topological polar surface area (TPSA) is 101 Å². The molecule has 0 fully saturated rings. The molecule has 0 aliphatic heterocycles. The van der Waals surface area contributed by atoms with Crippen LogP contribution in [-0.2, 0) is 9.59 Å². The maximum Gasteiger partial charge on any atom is 0.240 e. The Bertz CT molecular complexity index is 868. The summed E-state index contributed by atoms with van der Waals surface area (Å²) in [6.45, 7) is 0. The maximum absolute atomic E-state index is 11.9. The van der Waals surface area contributed by atoms with Crippen LogP contribution in [-0.4, -0.2) is 38.5 Å². The summed E-state index contributed by atoms with van der Waals surface area (Å²) in [5, 5.41) is 7.95. The van der Waals surface area contributed by atoms with Gasteiger partial charge in [0, 0.05) is 12.8 Å². The van der Waals surface area contributed by atoms with Crippen molar-refractivity contribution in [1.82, 2.24) is 10.9 Å². The number of nitrogens with one attached hydrogen (secondary N) is 2. The zero-order valence-electron chi connectivity index (χ0n) is 19.3. The lowest BCUT2D eigenvalue weighted by Gasteiger charge is -2.03. The van der Waals surface area contributed by atoms with E-state index in [0.717, 1.165) is 54.7 Å². The lowest BCUT2D eigenvalue weighted by Crippen LogP contribution is -2.17. The van der Waals surface area contributed by atoms with Crippen LogP contribution in [0, 0.1) is 0 Å². The van der Waals surface area contributed by atoms with Gasteiger partial charge >= 0.3 is 0 Å². The Hall–Kier alpha value is -3.68. The lowest BCUT2D eigenvalue weighted by atomic mass is 10.1. The fourth-order valence-corrected chi connectivity index (χ4v) is 3.01. The Labute approximate surface area is 195 Å². The summed E-state index contributed by atoms with van der Waals surface area (Å²) >= 11 is 0. The molecule has 8 heteroatoms. The van der Waals surface area contributed by atoms with Crippen molar-refractivity contribution in [3.8, 4) is 11.5 Å². The van der Waals surface area contributed by atoms with Gasteiger partial charge in [-0.1, -0.05) is 43.5 Å². The summed E-state index contributed by atoms with van der Waals surface area (Å²) in [6, 6.07) is 14.9. The highest BCUT2D eigenvalue weighted by molar-refractivity contribution is 5.83. The molecule has 0 aromatic heterocycles. The molecule has 0 aliphatic rings. The van der Waals surface area contributed by atoms with Gasteiger partial charge in [-0.3, -0.25) is 9.59 Å². The van der Waals surface area contributed by atoms with Crippen LogP contribution in [0.3, 0.4) is 0 Å². The third kappa shape index (κ3) is 11.0. The van der Waals surface area contributed by atoms with Crippen LogP contribution in [0.15, 0.2) is 58.7 Å². The fraction of sp³-hybridized carbons (Fsp3) is 0.360. The third-order valence-corrected chi connectivity index (χ3v) is 4.80. The van der Waals surface area contributed by atoms with Crippen molar-refractivity contribution >= 4 is 24.2 Å². The fourth-order valence-electron chi connectivity index (χ4n) is 3.01. The molecule has 0 unspecified atom stereocenters. The predicted molar refractivity (Wildman–Crippen MR) is 130 cm³/mol. The molecule has 0 spiro atoms. The third-order valence-electron chi connectivity index (χ3n) is 4.80. The van der Waals surface area contributed by atoms with Gasteiger partial charge < -0.3 is 9.47 Å². The van der Waals surface area contributed by atoms with Crippen molar-refractivity contribution in [1.29, 1.82) is 0 Å². The molecule has 0 saturated carbocycles. The number of benzene rings is 2. The second-order valence-electron chi connectivity index (χ2n) is 7.41. The number of hydrogen-bond acceptors (Lipinski definition) is 6. The molecule has 176 valence electrons. The van der Waals surface area contributed by atoms with E-state index in [4.69, 9.17) is 9.47 Å². The molecule has 2 aromatic carbocycles. The monoisotopic (exact) mass is 452 g/mol. The second kappa shape index (κ2) is 15.2. The molecule has 0 radical (unpaired) electrons. The van der Waals surface area contributed by atoms with Gasteiger partial charge in [-0.05, 0) is 48.2 Å². The van der Waals surface area contributed by atoms with Crippen LogP contribution < -0.4 is 20.3 Å². The Morgan fingerprint density at radius 2 is 1.15 bits per heavy atom. The van der Waals surface area contributed by atoms with Gasteiger partial charge in [-0.25, -0.2) is 10.9 Å². The van der Waals surface area contributed by atoms with E-state index in [-0.39, 0.29) is 11.8 Å².